The lowest BCUT2D eigenvalue weighted by Crippen LogP contribution is -2.44. The minimum atomic E-state index is 0.0615. The molecule has 0 saturated heterocycles. The standard InChI is InChI=1S/C23H30N6O.C2H6/c1-15-10-22-17(11-19(15)18-12-26-27(4)13-18)6-5-8-29(22)23(24)20-14-28(16(2)30)9-7-21(20)25-3;1-2/h10-13,24-25H,5-9,14H2,1-4H3;1-2H3. The highest BCUT2D eigenvalue weighted by Gasteiger charge is 2.29. The van der Waals surface area contributed by atoms with Crippen molar-refractivity contribution in [2.75, 3.05) is 31.6 Å². The predicted molar refractivity (Wildman–Crippen MR) is 131 cm³/mol. The fourth-order valence-corrected chi connectivity index (χ4v) is 4.53. The van der Waals surface area contributed by atoms with Crippen LogP contribution in [0.15, 0.2) is 35.8 Å². The van der Waals surface area contributed by atoms with Crippen molar-refractivity contribution in [1.82, 2.24) is 20.0 Å². The number of fused-ring (bicyclic) bond motifs is 1. The quantitative estimate of drug-likeness (QED) is 0.566. The fourth-order valence-electron chi connectivity index (χ4n) is 4.53. The van der Waals surface area contributed by atoms with E-state index in [1.807, 2.05) is 49.9 Å². The van der Waals surface area contributed by atoms with Crippen molar-refractivity contribution >= 4 is 17.4 Å². The Morgan fingerprint density at radius 1 is 1.19 bits per heavy atom. The van der Waals surface area contributed by atoms with E-state index in [2.05, 4.69) is 34.4 Å². The van der Waals surface area contributed by atoms with Crippen molar-refractivity contribution in [3.05, 3.63) is 46.9 Å². The first-order valence-corrected chi connectivity index (χ1v) is 11.5. The number of hydrogen-bond donors (Lipinski definition) is 2. The fraction of sp³-hybridized carbons (Fsp3) is 0.480. The summed E-state index contributed by atoms with van der Waals surface area (Å²) in [5.41, 5.74) is 7.85. The predicted octanol–water partition coefficient (Wildman–Crippen LogP) is 3.88. The molecular formula is C25H36N6O. The lowest BCUT2D eigenvalue weighted by atomic mass is 9.92. The highest BCUT2D eigenvalue weighted by molar-refractivity contribution is 6.09. The number of hydrogen-bond acceptors (Lipinski definition) is 4. The Morgan fingerprint density at radius 3 is 2.56 bits per heavy atom. The van der Waals surface area contributed by atoms with Gasteiger partial charge in [0.05, 0.1) is 12.7 Å². The number of anilines is 1. The van der Waals surface area contributed by atoms with Gasteiger partial charge in [0.2, 0.25) is 5.91 Å². The first-order chi connectivity index (χ1) is 15.4. The number of aryl methyl sites for hydroxylation is 3. The van der Waals surface area contributed by atoms with Crippen molar-refractivity contribution < 1.29 is 4.79 Å². The smallest absolute Gasteiger partial charge is 0.219 e. The van der Waals surface area contributed by atoms with E-state index in [0.717, 1.165) is 48.3 Å². The Labute approximate surface area is 191 Å². The van der Waals surface area contributed by atoms with Crippen LogP contribution in [-0.4, -0.2) is 53.1 Å². The summed E-state index contributed by atoms with van der Waals surface area (Å²) in [5, 5.41) is 16.6. The van der Waals surface area contributed by atoms with E-state index in [4.69, 9.17) is 5.41 Å². The highest BCUT2D eigenvalue weighted by Crippen LogP contribution is 2.35. The van der Waals surface area contributed by atoms with Crippen LogP contribution < -0.4 is 10.2 Å². The van der Waals surface area contributed by atoms with Crippen molar-refractivity contribution in [1.29, 1.82) is 5.41 Å². The molecule has 7 nitrogen and oxygen atoms in total. The molecule has 4 rings (SSSR count). The Hall–Kier alpha value is -3.09. The molecule has 0 atom stereocenters. The summed E-state index contributed by atoms with van der Waals surface area (Å²) >= 11 is 0. The minimum absolute atomic E-state index is 0.0615. The van der Waals surface area contributed by atoms with Gasteiger partial charge in [-0.2, -0.15) is 5.10 Å². The Balaban J connectivity index is 0.00000141. The SMILES string of the molecule is CC.CNC1=C(C(=N)N2CCCc3cc(-c4cnn(C)c4)c(C)cc32)CN(C(C)=O)CC1. The molecule has 0 spiro atoms. The normalized spacial score (nSPS) is 15.7. The second-order valence-electron chi connectivity index (χ2n) is 8.20. The van der Waals surface area contributed by atoms with Crippen molar-refractivity contribution in [3.8, 4) is 11.1 Å². The van der Waals surface area contributed by atoms with Gasteiger partial charge >= 0.3 is 0 Å². The van der Waals surface area contributed by atoms with E-state index in [1.54, 1.807) is 6.92 Å². The molecule has 0 fully saturated rings. The van der Waals surface area contributed by atoms with E-state index in [0.29, 0.717) is 18.9 Å². The molecule has 1 aromatic heterocycles. The summed E-state index contributed by atoms with van der Waals surface area (Å²) in [4.78, 5) is 15.9. The van der Waals surface area contributed by atoms with Gasteiger partial charge < -0.3 is 15.1 Å². The van der Waals surface area contributed by atoms with Crippen LogP contribution >= 0.6 is 0 Å². The second-order valence-corrected chi connectivity index (χ2v) is 8.20. The zero-order chi connectivity index (χ0) is 23.4. The summed E-state index contributed by atoms with van der Waals surface area (Å²) in [5.74, 6) is 0.561. The molecular weight excluding hydrogens is 400 g/mol. The van der Waals surface area contributed by atoms with Gasteiger partial charge in [0.25, 0.3) is 0 Å². The Bertz CT molecular complexity index is 1040. The summed E-state index contributed by atoms with van der Waals surface area (Å²) in [6.45, 7) is 9.73. The number of nitrogens with zero attached hydrogens (tertiary/aromatic N) is 4. The molecule has 2 N–H and O–H groups in total. The van der Waals surface area contributed by atoms with E-state index >= 15 is 0 Å². The van der Waals surface area contributed by atoms with Crippen LogP contribution in [0.4, 0.5) is 5.69 Å². The van der Waals surface area contributed by atoms with Crippen LogP contribution in [0.5, 0.6) is 0 Å². The van der Waals surface area contributed by atoms with E-state index < -0.39 is 0 Å². The lowest BCUT2D eigenvalue weighted by Gasteiger charge is -2.37. The summed E-state index contributed by atoms with van der Waals surface area (Å²) in [7, 11) is 3.84. The van der Waals surface area contributed by atoms with Gasteiger partial charge in [0.1, 0.15) is 5.84 Å². The molecule has 0 radical (unpaired) electrons. The largest absolute Gasteiger partial charge is 0.391 e. The number of carbonyl (C=O) groups is 1. The van der Waals surface area contributed by atoms with Gasteiger partial charge in [-0.05, 0) is 48.6 Å². The van der Waals surface area contributed by atoms with Crippen LogP contribution in [0.1, 0.15) is 44.7 Å². The third kappa shape index (κ3) is 4.56. The number of benzene rings is 1. The molecule has 1 amide bonds. The zero-order valence-corrected chi connectivity index (χ0v) is 20.2. The van der Waals surface area contributed by atoms with Gasteiger partial charge in [-0.25, -0.2) is 0 Å². The average molecular weight is 437 g/mol. The number of aromatic nitrogens is 2. The van der Waals surface area contributed by atoms with E-state index in [-0.39, 0.29) is 5.91 Å². The van der Waals surface area contributed by atoms with Crippen molar-refractivity contribution in [2.45, 2.75) is 47.0 Å². The van der Waals surface area contributed by atoms with Gasteiger partial charge in [-0.1, -0.05) is 13.8 Å². The number of rotatable bonds is 3. The van der Waals surface area contributed by atoms with Gasteiger partial charge in [-0.3, -0.25) is 14.9 Å². The minimum Gasteiger partial charge on any atom is -0.391 e. The van der Waals surface area contributed by atoms with Crippen LogP contribution in [0.25, 0.3) is 11.1 Å². The van der Waals surface area contributed by atoms with Crippen LogP contribution in [0.3, 0.4) is 0 Å². The molecule has 0 saturated carbocycles. The van der Waals surface area contributed by atoms with Gasteiger partial charge in [-0.15, -0.1) is 0 Å². The van der Waals surface area contributed by atoms with Gasteiger partial charge in [0, 0.05) is 69.2 Å². The average Bonchev–Trinajstić information content (AvgIpc) is 3.24. The molecule has 3 heterocycles. The topological polar surface area (TPSA) is 77.2 Å². The molecule has 172 valence electrons. The maximum absolute atomic E-state index is 11.9. The number of nitrogens with one attached hydrogen (secondary N) is 2. The van der Waals surface area contributed by atoms with Crippen LogP contribution in [-0.2, 0) is 18.3 Å². The summed E-state index contributed by atoms with van der Waals surface area (Å²) < 4.78 is 1.83. The first-order valence-electron chi connectivity index (χ1n) is 11.5. The third-order valence-electron chi connectivity index (χ3n) is 6.21. The first kappa shape index (κ1) is 23.6. The maximum Gasteiger partial charge on any atom is 0.219 e. The molecule has 1 aromatic carbocycles. The molecule has 0 unspecified atom stereocenters. The molecule has 0 bridgehead atoms. The van der Waals surface area contributed by atoms with Gasteiger partial charge in [0.15, 0.2) is 0 Å². The zero-order valence-electron chi connectivity index (χ0n) is 20.2. The molecule has 2 aliphatic heterocycles. The summed E-state index contributed by atoms with van der Waals surface area (Å²) in [6, 6.07) is 4.47. The highest BCUT2D eigenvalue weighted by atomic mass is 16.2. The third-order valence-corrected chi connectivity index (χ3v) is 6.21. The van der Waals surface area contributed by atoms with Crippen molar-refractivity contribution in [3.63, 3.8) is 0 Å². The summed E-state index contributed by atoms with van der Waals surface area (Å²) in [6.07, 6.45) is 6.71. The second kappa shape index (κ2) is 10.0. The van der Waals surface area contributed by atoms with Crippen molar-refractivity contribution in [2.24, 2.45) is 7.05 Å². The monoisotopic (exact) mass is 436 g/mol. The molecule has 2 aromatic rings. The number of amidine groups is 1. The van der Waals surface area contributed by atoms with E-state index in [9.17, 15) is 4.79 Å². The molecule has 2 aliphatic rings. The lowest BCUT2D eigenvalue weighted by molar-refractivity contribution is -0.128. The number of amides is 1. The van der Waals surface area contributed by atoms with Crippen LogP contribution in [0.2, 0.25) is 0 Å². The molecule has 32 heavy (non-hydrogen) atoms. The van der Waals surface area contributed by atoms with E-state index in [1.165, 1.54) is 16.7 Å². The molecule has 0 aliphatic carbocycles. The van der Waals surface area contributed by atoms with Crippen LogP contribution in [0, 0.1) is 12.3 Å². The molecule has 7 heteroatoms. The Kier molecular flexibility index (Phi) is 7.38. The Morgan fingerprint density at radius 2 is 1.94 bits per heavy atom. The number of carbonyl (C=O) groups excluding carboxylic acids is 1. The maximum atomic E-state index is 11.9.